The molecule has 0 aliphatic heterocycles. The fraction of sp³-hybridized carbons (Fsp3) is 0.150. The molecule has 0 saturated heterocycles. The number of hydrazine groups is 1. The number of benzene rings is 2. The van der Waals surface area contributed by atoms with E-state index in [1.165, 1.54) is 11.3 Å². The highest BCUT2D eigenvalue weighted by atomic mass is 32.1. The topological polar surface area (TPSA) is 71.1 Å². The van der Waals surface area contributed by atoms with Crippen molar-refractivity contribution in [2.45, 2.75) is 20.3 Å². The third-order valence-electron chi connectivity index (χ3n) is 3.82. The van der Waals surface area contributed by atoms with Crippen LogP contribution < -0.4 is 10.9 Å². The van der Waals surface area contributed by atoms with Crippen molar-refractivity contribution < 1.29 is 9.59 Å². The van der Waals surface area contributed by atoms with Gasteiger partial charge < -0.3 is 0 Å². The minimum Gasteiger partial charge on any atom is -0.273 e. The molecule has 0 aliphatic rings. The Balaban J connectivity index is 1.60. The smallest absolute Gasteiger partial charge is 0.273 e. The Morgan fingerprint density at radius 3 is 2.35 bits per heavy atom. The van der Waals surface area contributed by atoms with Gasteiger partial charge in [-0.15, -0.1) is 11.3 Å². The number of rotatable bonds is 4. The van der Waals surface area contributed by atoms with Crippen molar-refractivity contribution in [3.63, 3.8) is 0 Å². The summed E-state index contributed by atoms with van der Waals surface area (Å²) in [5, 5.41) is 0.777. The van der Waals surface area contributed by atoms with Gasteiger partial charge in [-0.3, -0.25) is 20.4 Å². The van der Waals surface area contributed by atoms with Crippen molar-refractivity contribution in [1.29, 1.82) is 0 Å². The van der Waals surface area contributed by atoms with Crippen LogP contribution in [0.4, 0.5) is 0 Å². The highest BCUT2D eigenvalue weighted by molar-refractivity contribution is 7.17. The molecule has 2 aromatic carbocycles. The van der Waals surface area contributed by atoms with Gasteiger partial charge in [-0.2, -0.15) is 0 Å². The highest BCUT2D eigenvalue weighted by Crippen LogP contribution is 2.27. The van der Waals surface area contributed by atoms with Crippen molar-refractivity contribution in [1.82, 2.24) is 15.8 Å². The fourth-order valence-electron chi connectivity index (χ4n) is 2.43. The van der Waals surface area contributed by atoms with E-state index >= 15 is 0 Å². The lowest BCUT2D eigenvalue weighted by Crippen LogP contribution is -2.42. The molecule has 0 unspecified atom stereocenters. The predicted molar refractivity (Wildman–Crippen MR) is 103 cm³/mol. The molecule has 3 rings (SSSR count). The number of nitrogens with zero attached hydrogens (tertiary/aromatic N) is 1. The molecule has 0 saturated carbocycles. The molecule has 1 aromatic heterocycles. The van der Waals surface area contributed by atoms with Gasteiger partial charge in [0.15, 0.2) is 0 Å². The van der Waals surface area contributed by atoms with Gasteiger partial charge in [0.25, 0.3) is 5.91 Å². The van der Waals surface area contributed by atoms with Crippen molar-refractivity contribution in [3.8, 4) is 10.6 Å². The summed E-state index contributed by atoms with van der Waals surface area (Å²) in [5.74, 6) is -0.632. The molecule has 0 bridgehead atoms. The fourth-order valence-corrected chi connectivity index (χ4v) is 3.40. The molecule has 2 N–H and O–H groups in total. The van der Waals surface area contributed by atoms with Crippen LogP contribution in [0.25, 0.3) is 10.6 Å². The van der Waals surface area contributed by atoms with E-state index in [-0.39, 0.29) is 18.2 Å². The molecule has 0 radical (unpaired) electrons. The number of hydrogen-bond donors (Lipinski definition) is 2. The molecular formula is C20H19N3O2S. The summed E-state index contributed by atoms with van der Waals surface area (Å²) < 4.78 is 0. The molecule has 2 amide bonds. The van der Waals surface area contributed by atoms with E-state index in [4.69, 9.17) is 0 Å². The average molecular weight is 365 g/mol. The highest BCUT2D eigenvalue weighted by Gasteiger charge is 2.16. The Labute approximate surface area is 156 Å². The maximum atomic E-state index is 12.4. The zero-order valence-electron chi connectivity index (χ0n) is 14.6. The van der Waals surface area contributed by atoms with Crippen LogP contribution in [0.15, 0.2) is 54.6 Å². The van der Waals surface area contributed by atoms with E-state index in [0.717, 1.165) is 21.7 Å². The van der Waals surface area contributed by atoms with Gasteiger partial charge >= 0.3 is 0 Å². The SMILES string of the molecule is Cc1ccc(CC(=O)NNC(=O)c2sc(-c3ccccc3)nc2C)cc1. The Hall–Kier alpha value is -2.99. The first-order valence-electron chi connectivity index (χ1n) is 8.20. The number of amides is 2. The average Bonchev–Trinajstić information content (AvgIpc) is 3.04. The normalized spacial score (nSPS) is 10.4. The van der Waals surface area contributed by atoms with Crippen LogP contribution in [0.5, 0.6) is 0 Å². The van der Waals surface area contributed by atoms with Crippen LogP contribution in [0.3, 0.4) is 0 Å². The zero-order valence-corrected chi connectivity index (χ0v) is 15.4. The molecule has 0 aliphatic carbocycles. The van der Waals surface area contributed by atoms with Crippen molar-refractivity contribution in [2.24, 2.45) is 0 Å². The van der Waals surface area contributed by atoms with E-state index in [1.54, 1.807) is 6.92 Å². The van der Waals surface area contributed by atoms with Crippen molar-refractivity contribution >= 4 is 23.2 Å². The Morgan fingerprint density at radius 1 is 0.962 bits per heavy atom. The van der Waals surface area contributed by atoms with Crippen LogP contribution >= 0.6 is 11.3 Å². The van der Waals surface area contributed by atoms with Crippen LogP contribution in [0, 0.1) is 13.8 Å². The summed E-state index contributed by atoms with van der Waals surface area (Å²) in [5.41, 5.74) is 8.56. The van der Waals surface area contributed by atoms with E-state index in [0.29, 0.717) is 10.6 Å². The van der Waals surface area contributed by atoms with Crippen molar-refractivity contribution in [2.75, 3.05) is 0 Å². The number of hydrogen-bond acceptors (Lipinski definition) is 4. The Bertz CT molecular complexity index is 918. The number of nitrogens with one attached hydrogen (secondary N) is 2. The summed E-state index contributed by atoms with van der Waals surface area (Å²) in [7, 11) is 0. The number of aryl methyl sites for hydroxylation is 2. The van der Waals surface area contributed by atoms with Crippen molar-refractivity contribution in [3.05, 3.63) is 76.3 Å². The van der Waals surface area contributed by atoms with Gasteiger partial charge in [0.2, 0.25) is 5.91 Å². The molecule has 1 heterocycles. The molecule has 0 atom stereocenters. The lowest BCUT2D eigenvalue weighted by Gasteiger charge is -2.07. The summed E-state index contributed by atoms with van der Waals surface area (Å²) in [6.07, 6.45) is 0.206. The lowest BCUT2D eigenvalue weighted by atomic mass is 10.1. The molecule has 132 valence electrons. The summed E-state index contributed by atoms with van der Waals surface area (Å²) in [6, 6.07) is 17.4. The van der Waals surface area contributed by atoms with Gasteiger partial charge in [-0.05, 0) is 19.4 Å². The standard InChI is InChI=1S/C20H19N3O2S/c1-13-8-10-15(11-9-13)12-17(24)22-23-19(25)18-14(2)21-20(26-18)16-6-4-3-5-7-16/h3-11H,12H2,1-2H3,(H,22,24)(H,23,25). The molecular weight excluding hydrogens is 346 g/mol. The number of thiazole rings is 1. The van der Waals surface area contributed by atoms with Crippen LogP contribution in [0.1, 0.15) is 26.5 Å². The third-order valence-corrected chi connectivity index (χ3v) is 5.03. The molecule has 5 nitrogen and oxygen atoms in total. The summed E-state index contributed by atoms with van der Waals surface area (Å²) in [4.78, 5) is 29.3. The predicted octanol–water partition coefficient (Wildman–Crippen LogP) is 3.43. The van der Waals surface area contributed by atoms with Crippen LogP contribution in [-0.2, 0) is 11.2 Å². The second-order valence-corrected chi connectivity index (χ2v) is 6.96. The molecule has 6 heteroatoms. The van der Waals surface area contributed by atoms with Gasteiger partial charge in [0, 0.05) is 5.56 Å². The van der Waals surface area contributed by atoms with E-state index in [2.05, 4.69) is 15.8 Å². The maximum absolute atomic E-state index is 12.4. The number of carbonyl (C=O) groups is 2. The molecule has 0 spiro atoms. The monoisotopic (exact) mass is 365 g/mol. The number of carbonyl (C=O) groups excluding carboxylic acids is 2. The van der Waals surface area contributed by atoms with E-state index in [9.17, 15) is 9.59 Å². The molecule has 3 aromatic rings. The first-order valence-corrected chi connectivity index (χ1v) is 9.02. The second kappa shape index (κ2) is 7.93. The maximum Gasteiger partial charge on any atom is 0.281 e. The Morgan fingerprint density at radius 2 is 1.65 bits per heavy atom. The van der Waals surface area contributed by atoms with Gasteiger partial charge in [0.1, 0.15) is 9.88 Å². The first kappa shape index (κ1) is 17.8. The van der Waals surface area contributed by atoms with Gasteiger partial charge in [-0.1, -0.05) is 60.2 Å². The van der Waals surface area contributed by atoms with Crippen LogP contribution in [0.2, 0.25) is 0 Å². The third kappa shape index (κ3) is 4.34. The van der Waals surface area contributed by atoms with Gasteiger partial charge in [0.05, 0.1) is 12.1 Å². The van der Waals surface area contributed by atoms with E-state index < -0.39 is 0 Å². The van der Waals surface area contributed by atoms with Gasteiger partial charge in [-0.25, -0.2) is 4.98 Å². The largest absolute Gasteiger partial charge is 0.281 e. The van der Waals surface area contributed by atoms with Crippen LogP contribution in [-0.4, -0.2) is 16.8 Å². The zero-order chi connectivity index (χ0) is 18.5. The summed E-state index contributed by atoms with van der Waals surface area (Å²) >= 11 is 1.30. The lowest BCUT2D eigenvalue weighted by molar-refractivity contribution is -0.121. The summed E-state index contributed by atoms with van der Waals surface area (Å²) in [6.45, 7) is 3.77. The minimum absolute atomic E-state index is 0.206. The quantitative estimate of drug-likeness (QED) is 0.696. The molecule has 0 fully saturated rings. The first-order chi connectivity index (χ1) is 12.5. The Kier molecular flexibility index (Phi) is 5.43. The molecule has 26 heavy (non-hydrogen) atoms. The van der Waals surface area contributed by atoms with E-state index in [1.807, 2.05) is 61.5 Å². The number of aromatic nitrogens is 1. The minimum atomic E-state index is -0.362. The second-order valence-electron chi connectivity index (χ2n) is 5.96.